The van der Waals surface area contributed by atoms with Crippen molar-refractivity contribution in [2.45, 2.75) is 58.9 Å². The lowest BCUT2D eigenvalue weighted by atomic mass is 9.57. The van der Waals surface area contributed by atoms with Gasteiger partial charge >= 0.3 is 0 Å². The maximum Gasteiger partial charge on any atom is 0.0162 e. The van der Waals surface area contributed by atoms with Crippen molar-refractivity contribution in [3.8, 4) is 0 Å². The van der Waals surface area contributed by atoms with E-state index in [0.29, 0.717) is 5.41 Å². The molecule has 1 saturated carbocycles. The highest BCUT2D eigenvalue weighted by Crippen LogP contribution is 2.49. The van der Waals surface area contributed by atoms with Crippen LogP contribution in [0.5, 0.6) is 0 Å². The predicted molar refractivity (Wildman–Crippen MR) is 62.0 cm³/mol. The highest BCUT2D eigenvalue weighted by molar-refractivity contribution is 5.01. The van der Waals surface area contributed by atoms with Crippen LogP contribution < -0.4 is 11.5 Å². The minimum Gasteiger partial charge on any atom is -0.330 e. The maximum atomic E-state index is 6.43. The van der Waals surface area contributed by atoms with Crippen LogP contribution in [0.3, 0.4) is 0 Å². The monoisotopic (exact) mass is 198 g/mol. The largest absolute Gasteiger partial charge is 0.330 e. The zero-order valence-electron chi connectivity index (χ0n) is 10.2. The summed E-state index contributed by atoms with van der Waals surface area (Å²) in [6.07, 6.45) is 4.48. The Morgan fingerprint density at radius 3 is 2.07 bits per heavy atom. The first kappa shape index (κ1) is 12.0. The Morgan fingerprint density at radius 1 is 1.07 bits per heavy atom. The quantitative estimate of drug-likeness (QED) is 0.715. The van der Waals surface area contributed by atoms with E-state index >= 15 is 0 Å². The third kappa shape index (κ3) is 2.48. The fraction of sp³-hybridized carbons (Fsp3) is 1.00. The topological polar surface area (TPSA) is 52.0 Å². The second kappa shape index (κ2) is 3.49. The van der Waals surface area contributed by atoms with Gasteiger partial charge in [-0.3, -0.25) is 0 Å². The summed E-state index contributed by atoms with van der Waals surface area (Å²) < 4.78 is 0. The third-order valence-electron chi connectivity index (χ3n) is 3.71. The van der Waals surface area contributed by atoms with Gasteiger partial charge in [0.15, 0.2) is 0 Å². The summed E-state index contributed by atoms with van der Waals surface area (Å²) in [5, 5.41) is 0. The van der Waals surface area contributed by atoms with E-state index in [1.54, 1.807) is 0 Å². The van der Waals surface area contributed by atoms with Crippen LogP contribution in [0, 0.1) is 10.8 Å². The molecule has 0 spiro atoms. The lowest BCUT2D eigenvalue weighted by Gasteiger charge is -2.51. The SMILES string of the molecule is CCC1(N)CC(C)(C)CC(C)(CN)C1. The standard InChI is InChI=1S/C12H26N2/c1-5-12(14)7-10(2,3)6-11(4,8-12)9-13/h5-9,13-14H2,1-4H3. The molecule has 0 radical (unpaired) electrons. The van der Waals surface area contributed by atoms with Gasteiger partial charge in [0.25, 0.3) is 0 Å². The lowest BCUT2D eigenvalue weighted by molar-refractivity contribution is 0.0401. The van der Waals surface area contributed by atoms with Crippen molar-refractivity contribution in [2.24, 2.45) is 22.3 Å². The van der Waals surface area contributed by atoms with Crippen LogP contribution in [-0.4, -0.2) is 12.1 Å². The molecule has 0 bridgehead atoms. The summed E-state index contributed by atoms with van der Waals surface area (Å²) in [7, 11) is 0. The number of rotatable bonds is 2. The van der Waals surface area contributed by atoms with E-state index < -0.39 is 0 Å². The summed E-state index contributed by atoms with van der Waals surface area (Å²) in [5.74, 6) is 0. The van der Waals surface area contributed by atoms with Crippen LogP contribution >= 0.6 is 0 Å². The van der Waals surface area contributed by atoms with Gasteiger partial charge in [-0.1, -0.05) is 27.7 Å². The molecule has 0 heterocycles. The van der Waals surface area contributed by atoms with E-state index in [9.17, 15) is 0 Å². The van der Waals surface area contributed by atoms with Crippen LogP contribution in [0.15, 0.2) is 0 Å². The Labute approximate surface area is 88.4 Å². The molecular formula is C12H26N2. The van der Waals surface area contributed by atoms with E-state index in [0.717, 1.165) is 25.8 Å². The van der Waals surface area contributed by atoms with E-state index in [-0.39, 0.29) is 11.0 Å². The Bertz CT molecular complexity index is 192. The lowest BCUT2D eigenvalue weighted by Crippen LogP contribution is -2.54. The van der Waals surface area contributed by atoms with Crippen molar-refractivity contribution in [3.63, 3.8) is 0 Å². The van der Waals surface area contributed by atoms with Gasteiger partial charge in [0.1, 0.15) is 0 Å². The van der Waals surface area contributed by atoms with Crippen molar-refractivity contribution in [1.82, 2.24) is 0 Å². The van der Waals surface area contributed by atoms with Crippen LogP contribution in [0.25, 0.3) is 0 Å². The Kier molecular flexibility index (Phi) is 2.99. The van der Waals surface area contributed by atoms with E-state index in [1.807, 2.05) is 0 Å². The number of hydrogen-bond acceptors (Lipinski definition) is 2. The average Bonchev–Trinajstić information content (AvgIpc) is 2.00. The molecule has 4 N–H and O–H groups in total. The van der Waals surface area contributed by atoms with Gasteiger partial charge in [0, 0.05) is 5.54 Å². The number of hydrogen-bond donors (Lipinski definition) is 2. The summed E-state index contributed by atoms with van der Waals surface area (Å²) in [6, 6.07) is 0. The molecule has 0 aliphatic heterocycles. The molecule has 84 valence electrons. The Morgan fingerprint density at radius 2 is 1.64 bits per heavy atom. The van der Waals surface area contributed by atoms with Gasteiger partial charge < -0.3 is 11.5 Å². The molecule has 1 fully saturated rings. The van der Waals surface area contributed by atoms with Crippen molar-refractivity contribution in [3.05, 3.63) is 0 Å². The summed E-state index contributed by atoms with van der Waals surface area (Å²) in [5.41, 5.74) is 12.9. The van der Waals surface area contributed by atoms with Crippen molar-refractivity contribution in [1.29, 1.82) is 0 Å². The van der Waals surface area contributed by atoms with Crippen molar-refractivity contribution in [2.75, 3.05) is 6.54 Å². The predicted octanol–water partition coefficient (Wildman–Crippen LogP) is 2.27. The van der Waals surface area contributed by atoms with Gasteiger partial charge in [0.05, 0.1) is 0 Å². The summed E-state index contributed by atoms with van der Waals surface area (Å²) in [4.78, 5) is 0. The summed E-state index contributed by atoms with van der Waals surface area (Å²) >= 11 is 0. The van der Waals surface area contributed by atoms with Gasteiger partial charge in [-0.15, -0.1) is 0 Å². The second-order valence-electron chi connectivity index (χ2n) is 6.43. The van der Waals surface area contributed by atoms with Crippen LogP contribution in [0.2, 0.25) is 0 Å². The zero-order valence-corrected chi connectivity index (χ0v) is 10.2. The van der Waals surface area contributed by atoms with E-state index in [2.05, 4.69) is 27.7 Å². The minimum atomic E-state index is 0.00979. The molecule has 2 nitrogen and oxygen atoms in total. The molecule has 2 heteroatoms. The molecule has 1 rings (SSSR count). The van der Waals surface area contributed by atoms with Crippen LogP contribution in [0.4, 0.5) is 0 Å². The third-order valence-corrected chi connectivity index (χ3v) is 3.71. The molecule has 0 aromatic heterocycles. The van der Waals surface area contributed by atoms with E-state index in [1.165, 1.54) is 6.42 Å². The second-order valence-corrected chi connectivity index (χ2v) is 6.43. The highest BCUT2D eigenvalue weighted by Gasteiger charge is 2.45. The fourth-order valence-electron chi connectivity index (χ4n) is 3.54. The fourth-order valence-corrected chi connectivity index (χ4v) is 3.54. The minimum absolute atomic E-state index is 0.00979. The highest BCUT2D eigenvalue weighted by atomic mass is 14.8. The van der Waals surface area contributed by atoms with Gasteiger partial charge in [-0.25, -0.2) is 0 Å². The maximum absolute atomic E-state index is 6.43. The molecule has 1 aliphatic carbocycles. The number of nitrogens with two attached hydrogens (primary N) is 2. The Hall–Kier alpha value is -0.0800. The van der Waals surface area contributed by atoms with Gasteiger partial charge in [0.2, 0.25) is 0 Å². The molecule has 0 amide bonds. The molecular weight excluding hydrogens is 172 g/mol. The molecule has 0 saturated heterocycles. The first-order chi connectivity index (χ1) is 6.24. The Balaban J connectivity index is 2.88. The smallest absolute Gasteiger partial charge is 0.0162 e. The van der Waals surface area contributed by atoms with Crippen LogP contribution in [-0.2, 0) is 0 Å². The van der Waals surface area contributed by atoms with Gasteiger partial charge in [-0.2, -0.15) is 0 Å². The van der Waals surface area contributed by atoms with E-state index in [4.69, 9.17) is 11.5 Å². The molecule has 2 unspecified atom stereocenters. The normalized spacial score (nSPS) is 42.4. The molecule has 1 aliphatic rings. The van der Waals surface area contributed by atoms with Crippen LogP contribution in [0.1, 0.15) is 53.4 Å². The summed E-state index contributed by atoms with van der Waals surface area (Å²) in [6.45, 7) is 9.87. The molecule has 2 atom stereocenters. The first-order valence-corrected chi connectivity index (χ1v) is 5.73. The first-order valence-electron chi connectivity index (χ1n) is 5.73. The zero-order chi connectivity index (χ0) is 11.0. The van der Waals surface area contributed by atoms with Crippen molar-refractivity contribution < 1.29 is 0 Å². The molecule has 14 heavy (non-hydrogen) atoms. The van der Waals surface area contributed by atoms with Crippen molar-refractivity contribution >= 4 is 0 Å². The molecule has 0 aromatic carbocycles. The average molecular weight is 198 g/mol. The molecule has 0 aromatic rings. The van der Waals surface area contributed by atoms with Gasteiger partial charge in [-0.05, 0) is 43.1 Å².